The minimum atomic E-state index is -3.73. The molecule has 0 aliphatic rings. The maximum atomic E-state index is 12.6. The summed E-state index contributed by atoms with van der Waals surface area (Å²) in [7, 11) is -2.29. The largest absolute Gasteiger partial charge is 0.504 e. The van der Waals surface area contributed by atoms with E-state index < -0.39 is 10.0 Å². The number of sulfonamides is 1. The fraction of sp³-hybridized carbons (Fsp3) is 0.333. The predicted molar refractivity (Wildman–Crippen MR) is 95.9 cm³/mol. The monoisotopic (exact) mass is 365 g/mol. The van der Waals surface area contributed by atoms with Gasteiger partial charge in [0.2, 0.25) is 10.0 Å². The first kappa shape index (κ1) is 19.1. The molecule has 0 aliphatic heterocycles. The van der Waals surface area contributed by atoms with Crippen molar-refractivity contribution in [2.75, 3.05) is 13.7 Å². The number of methoxy groups -OCH3 is 1. The second-order valence-corrected chi connectivity index (χ2v) is 7.74. The molecule has 25 heavy (non-hydrogen) atoms. The van der Waals surface area contributed by atoms with Gasteiger partial charge in [0.15, 0.2) is 11.5 Å². The fourth-order valence-electron chi connectivity index (χ4n) is 2.52. The van der Waals surface area contributed by atoms with Gasteiger partial charge in [-0.15, -0.1) is 0 Å². The summed E-state index contributed by atoms with van der Waals surface area (Å²) < 4.78 is 32.9. The minimum Gasteiger partial charge on any atom is -0.504 e. The molecule has 2 aromatic carbocycles. The molecule has 0 unspecified atom stereocenters. The molecule has 0 saturated carbocycles. The lowest BCUT2D eigenvalue weighted by Gasteiger charge is -2.14. The van der Waals surface area contributed by atoms with Crippen molar-refractivity contribution >= 4 is 10.0 Å². The molecule has 7 heteroatoms. The van der Waals surface area contributed by atoms with Crippen LogP contribution in [0.2, 0.25) is 0 Å². The third kappa shape index (κ3) is 4.24. The van der Waals surface area contributed by atoms with Crippen molar-refractivity contribution in [2.24, 2.45) is 0 Å². The number of rotatable bonds is 6. The molecule has 0 aliphatic carbocycles. The van der Waals surface area contributed by atoms with E-state index in [0.29, 0.717) is 12.2 Å². The Morgan fingerprint density at radius 2 is 1.56 bits per heavy atom. The van der Waals surface area contributed by atoms with Gasteiger partial charge in [-0.2, -0.15) is 0 Å². The van der Waals surface area contributed by atoms with Crippen molar-refractivity contribution in [2.45, 2.75) is 32.1 Å². The number of benzene rings is 2. The first-order chi connectivity index (χ1) is 11.7. The van der Waals surface area contributed by atoms with Gasteiger partial charge in [-0.1, -0.05) is 0 Å². The zero-order chi connectivity index (χ0) is 18.8. The Hall–Kier alpha value is -2.25. The minimum absolute atomic E-state index is 0.100. The summed E-state index contributed by atoms with van der Waals surface area (Å²) in [6, 6.07) is 6.18. The van der Waals surface area contributed by atoms with E-state index in [-0.39, 0.29) is 22.9 Å². The third-order valence-corrected chi connectivity index (χ3v) is 5.67. The third-order valence-electron chi connectivity index (χ3n) is 4.19. The highest BCUT2D eigenvalue weighted by Gasteiger charge is 2.20. The number of ether oxygens (including phenoxy) is 1. The number of hydrogen-bond acceptors (Lipinski definition) is 5. The zero-order valence-electron chi connectivity index (χ0n) is 14.8. The van der Waals surface area contributed by atoms with Crippen LogP contribution in [0, 0.1) is 20.8 Å². The Kier molecular flexibility index (Phi) is 5.59. The topological polar surface area (TPSA) is 95.9 Å². The van der Waals surface area contributed by atoms with E-state index in [1.165, 1.54) is 19.2 Å². The molecule has 136 valence electrons. The maximum absolute atomic E-state index is 12.6. The molecule has 0 saturated heterocycles. The molecule has 0 amide bonds. The summed E-state index contributed by atoms with van der Waals surface area (Å²) in [4.78, 5) is 0.100. The van der Waals surface area contributed by atoms with Crippen LogP contribution in [0.3, 0.4) is 0 Å². The number of nitrogens with one attached hydrogen (secondary N) is 1. The Labute approximate surface area is 148 Å². The lowest BCUT2D eigenvalue weighted by atomic mass is 10.1. The fourth-order valence-corrected chi connectivity index (χ4v) is 3.79. The number of phenols is 2. The van der Waals surface area contributed by atoms with Crippen LogP contribution in [0.15, 0.2) is 29.2 Å². The van der Waals surface area contributed by atoms with Crippen LogP contribution < -0.4 is 9.46 Å². The zero-order valence-corrected chi connectivity index (χ0v) is 15.6. The molecular formula is C18H23NO5S. The van der Waals surface area contributed by atoms with Gasteiger partial charge in [0.25, 0.3) is 0 Å². The summed E-state index contributed by atoms with van der Waals surface area (Å²) in [6.07, 6.45) is 0.381. The second-order valence-electron chi connectivity index (χ2n) is 6.00. The molecular weight excluding hydrogens is 342 g/mol. The summed E-state index contributed by atoms with van der Waals surface area (Å²) in [5, 5.41) is 19.0. The van der Waals surface area contributed by atoms with E-state index >= 15 is 0 Å². The van der Waals surface area contributed by atoms with Gasteiger partial charge in [0, 0.05) is 6.54 Å². The number of aromatic hydroxyl groups is 2. The Morgan fingerprint density at radius 3 is 2.20 bits per heavy atom. The van der Waals surface area contributed by atoms with Crippen molar-refractivity contribution in [3.05, 3.63) is 46.5 Å². The van der Waals surface area contributed by atoms with E-state index in [1.807, 2.05) is 13.8 Å². The summed E-state index contributed by atoms with van der Waals surface area (Å²) >= 11 is 0. The van der Waals surface area contributed by atoms with Gasteiger partial charge in [-0.3, -0.25) is 0 Å². The predicted octanol–water partition coefficient (Wildman–Crippen LogP) is 2.55. The van der Waals surface area contributed by atoms with Crippen molar-refractivity contribution < 1.29 is 23.4 Å². The summed E-state index contributed by atoms with van der Waals surface area (Å²) in [5.74, 6) is -0.116. The SMILES string of the molecule is COc1cc(C)c(C)cc1S(=O)(=O)NCCc1cc(O)c(O)cc1C. The van der Waals surface area contributed by atoms with Gasteiger partial charge in [-0.05, 0) is 73.7 Å². The average Bonchev–Trinajstić information content (AvgIpc) is 2.54. The quantitative estimate of drug-likeness (QED) is 0.684. The van der Waals surface area contributed by atoms with Gasteiger partial charge in [0.1, 0.15) is 10.6 Å². The van der Waals surface area contributed by atoms with Crippen molar-refractivity contribution in [3.63, 3.8) is 0 Å². The highest BCUT2D eigenvalue weighted by atomic mass is 32.2. The van der Waals surface area contributed by atoms with Crippen LogP contribution in [-0.2, 0) is 16.4 Å². The van der Waals surface area contributed by atoms with Gasteiger partial charge >= 0.3 is 0 Å². The number of phenolic OH excluding ortho intramolecular Hbond substituents is 2. The average molecular weight is 365 g/mol. The van der Waals surface area contributed by atoms with Crippen molar-refractivity contribution in [1.82, 2.24) is 4.72 Å². The van der Waals surface area contributed by atoms with Crippen LogP contribution in [0.5, 0.6) is 17.2 Å². The molecule has 0 aromatic heterocycles. The maximum Gasteiger partial charge on any atom is 0.244 e. The lowest BCUT2D eigenvalue weighted by molar-refractivity contribution is 0.401. The van der Waals surface area contributed by atoms with Crippen molar-refractivity contribution in [3.8, 4) is 17.2 Å². The summed E-state index contributed by atoms with van der Waals surface area (Å²) in [6.45, 7) is 5.68. The Balaban J connectivity index is 2.18. The molecule has 0 radical (unpaired) electrons. The normalized spacial score (nSPS) is 11.5. The van der Waals surface area contributed by atoms with E-state index in [2.05, 4.69) is 4.72 Å². The van der Waals surface area contributed by atoms with E-state index in [0.717, 1.165) is 22.3 Å². The van der Waals surface area contributed by atoms with Gasteiger partial charge < -0.3 is 14.9 Å². The van der Waals surface area contributed by atoms with E-state index in [1.54, 1.807) is 19.1 Å². The van der Waals surface area contributed by atoms with Crippen LogP contribution in [0.1, 0.15) is 22.3 Å². The van der Waals surface area contributed by atoms with Crippen LogP contribution >= 0.6 is 0 Å². The Morgan fingerprint density at radius 1 is 0.960 bits per heavy atom. The molecule has 0 heterocycles. The van der Waals surface area contributed by atoms with Gasteiger partial charge in [0.05, 0.1) is 7.11 Å². The smallest absolute Gasteiger partial charge is 0.244 e. The van der Waals surface area contributed by atoms with Crippen LogP contribution in [0.4, 0.5) is 0 Å². The van der Waals surface area contributed by atoms with E-state index in [9.17, 15) is 18.6 Å². The van der Waals surface area contributed by atoms with E-state index in [4.69, 9.17) is 4.74 Å². The molecule has 6 nitrogen and oxygen atoms in total. The van der Waals surface area contributed by atoms with Crippen LogP contribution in [0.25, 0.3) is 0 Å². The molecule has 0 fully saturated rings. The van der Waals surface area contributed by atoms with Gasteiger partial charge in [-0.25, -0.2) is 13.1 Å². The number of aryl methyl sites for hydroxylation is 3. The van der Waals surface area contributed by atoms with Crippen molar-refractivity contribution in [1.29, 1.82) is 0 Å². The molecule has 0 bridgehead atoms. The van der Waals surface area contributed by atoms with Crippen LogP contribution in [-0.4, -0.2) is 32.3 Å². The molecule has 3 N–H and O–H groups in total. The molecule has 2 rings (SSSR count). The Bertz CT molecular complexity index is 891. The molecule has 2 aromatic rings. The standard InChI is InChI=1S/C18H23NO5S/c1-11-8-17(24-4)18(9-12(11)2)25(22,23)19-6-5-14-10-16(21)15(20)7-13(14)3/h7-10,19-21H,5-6H2,1-4H3. The summed E-state index contributed by atoms with van der Waals surface area (Å²) in [5.41, 5.74) is 3.34. The lowest BCUT2D eigenvalue weighted by Crippen LogP contribution is -2.26. The highest BCUT2D eigenvalue weighted by molar-refractivity contribution is 7.89. The molecule has 0 atom stereocenters. The molecule has 0 spiro atoms. The second kappa shape index (κ2) is 7.33. The first-order valence-electron chi connectivity index (χ1n) is 7.82. The highest BCUT2D eigenvalue weighted by Crippen LogP contribution is 2.29. The first-order valence-corrected chi connectivity index (χ1v) is 9.30. The number of hydrogen-bond donors (Lipinski definition) is 3.